The lowest BCUT2D eigenvalue weighted by atomic mass is 10.1. The molecule has 0 radical (unpaired) electrons. The maximum absolute atomic E-state index is 12.7. The summed E-state index contributed by atoms with van der Waals surface area (Å²) >= 11 is 0. The number of piperazine rings is 1. The lowest BCUT2D eigenvalue weighted by Gasteiger charge is -2.41. The minimum atomic E-state index is -0.0521. The van der Waals surface area contributed by atoms with E-state index in [0.29, 0.717) is 6.04 Å². The van der Waals surface area contributed by atoms with Crippen molar-refractivity contribution in [3.8, 4) is 5.75 Å². The summed E-state index contributed by atoms with van der Waals surface area (Å²) in [6.07, 6.45) is 3.29. The minimum Gasteiger partial charge on any atom is -0.493 e. The van der Waals surface area contributed by atoms with Crippen molar-refractivity contribution in [3.63, 3.8) is 0 Å². The van der Waals surface area contributed by atoms with Crippen LogP contribution < -0.4 is 4.74 Å². The number of morpholine rings is 1. The molecule has 0 bridgehead atoms. The molecule has 6 heteroatoms. The predicted molar refractivity (Wildman–Crippen MR) is 108 cm³/mol. The van der Waals surface area contributed by atoms with Gasteiger partial charge in [-0.15, -0.1) is 0 Å². The molecule has 1 aromatic rings. The molecule has 0 saturated carbocycles. The average Bonchev–Trinajstić information content (AvgIpc) is 3.20. The number of ether oxygens (including phenoxy) is 2. The van der Waals surface area contributed by atoms with Gasteiger partial charge >= 0.3 is 0 Å². The van der Waals surface area contributed by atoms with Gasteiger partial charge in [0, 0.05) is 50.9 Å². The molecule has 0 spiro atoms. The van der Waals surface area contributed by atoms with Crippen molar-refractivity contribution in [2.24, 2.45) is 0 Å². The van der Waals surface area contributed by atoms with Crippen LogP contribution in [0.3, 0.4) is 0 Å². The lowest BCUT2D eigenvalue weighted by molar-refractivity contribution is -0.143. The van der Waals surface area contributed by atoms with Crippen molar-refractivity contribution < 1.29 is 14.3 Å². The highest BCUT2D eigenvalue weighted by Gasteiger charge is 2.40. The normalized spacial score (nSPS) is 26.5. The topological polar surface area (TPSA) is 45.2 Å². The molecule has 3 aliphatic heterocycles. The number of carbonyl (C=O) groups excluding carboxylic acids is 1. The van der Waals surface area contributed by atoms with Crippen LogP contribution in [0.1, 0.15) is 31.7 Å². The molecular weight excluding hydrogens is 354 g/mol. The number of nitrogens with zero attached hydrogens (tertiary/aromatic N) is 3. The summed E-state index contributed by atoms with van der Waals surface area (Å²) in [7, 11) is 0. The van der Waals surface area contributed by atoms with Crippen LogP contribution in [0.25, 0.3) is 0 Å². The standard InChI is InChI=1S/C22H33N3O3/c1-18-22(26)25-10-4-7-20(25)17-24(18)16-19-6-2-3-8-21(19)28-13-5-9-23-11-14-27-15-12-23/h2-3,6,8,18,20H,4-5,7,9-17H2,1H3/t18-,20+/m1/s1. The van der Waals surface area contributed by atoms with Gasteiger partial charge in [-0.2, -0.15) is 0 Å². The fourth-order valence-electron chi connectivity index (χ4n) is 4.63. The van der Waals surface area contributed by atoms with Crippen molar-refractivity contribution >= 4 is 5.91 Å². The number of fused-ring (bicyclic) bond motifs is 1. The van der Waals surface area contributed by atoms with Crippen LogP contribution >= 0.6 is 0 Å². The Morgan fingerprint density at radius 2 is 2.00 bits per heavy atom. The van der Waals surface area contributed by atoms with Crippen LogP contribution in [0.15, 0.2) is 24.3 Å². The molecule has 6 nitrogen and oxygen atoms in total. The Morgan fingerprint density at radius 3 is 2.86 bits per heavy atom. The van der Waals surface area contributed by atoms with Gasteiger partial charge in [-0.1, -0.05) is 18.2 Å². The largest absolute Gasteiger partial charge is 0.493 e. The molecule has 0 aromatic heterocycles. The van der Waals surface area contributed by atoms with E-state index in [4.69, 9.17) is 9.47 Å². The Bertz CT molecular complexity index is 662. The van der Waals surface area contributed by atoms with Gasteiger partial charge in [0.1, 0.15) is 5.75 Å². The van der Waals surface area contributed by atoms with E-state index in [0.717, 1.165) is 84.1 Å². The van der Waals surface area contributed by atoms with E-state index in [1.165, 1.54) is 5.56 Å². The van der Waals surface area contributed by atoms with Crippen molar-refractivity contribution in [1.29, 1.82) is 0 Å². The SMILES string of the molecule is C[C@@H]1C(=O)N2CCC[C@H]2CN1Cc1ccccc1OCCCN1CCOCC1. The zero-order valence-electron chi connectivity index (χ0n) is 17.0. The van der Waals surface area contributed by atoms with Crippen molar-refractivity contribution in [3.05, 3.63) is 29.8 Å². The number of benzene rings is 1. The van der Waals surface area contributed by atoms with E-state index in [1.54, 1.807) is 0 Å². The summed E-state index contributed by atoms with van der Waals surface area (Å²) in [6.45, 7) is 10.2. The van der Waals surface area contributed by atoms with Crippen LogP contribution in [-0.4, -0.2) is 85.2 Å². The quantitative estimate of drug-likeness (QED) is 0.670. The number of para-hydroxylation sites is 1. The third-order valence-corrected chi connectivity index (χ3v) is 6.34. The monoisotopic (exact) mass is 387 g/mol. The summed E-state index contributed by atoms with van der Waals surface area (Å²) in [5, 5.41) is 0. The fraction of sp³-hybridized carbons (Fsp3) is 0.682. The van der Waals surface area contributed by atoms with E-state index in [9.17, 15) is 4.79 Å². The van der Waals surface area contributed by atoms with Crippen LogP contribution in [-0.2, 0) is 16.1 Å². The predicted octanol–water partition coefficient (Wildman–Crippen LogP) is 1.98. The molecule has 3 saturated heterocycles. The van der Waals surface area contributed by atoms with Crippen LogP contribution in [0.5, 0.6) is 5.75 Å². The summed E-state index contributed by atoms with van der Waals surface area (Å²) in [5.41, 5.74) is 1.18. The smallest absolute Gasteiger partial charge is 0.239 e. The zero-order chi connectivity index (χ0) is 19.3. The molecule has 0 N–H and O–H groups in total. The Balaban J connectivity index is 1.31. The fourth-order valence-corrected chi connectivity index (χ4v) is 4.63. The number of hydrogen-bond acceptors (Lipinski definition) is 5. The Hall–Kier alpha value is -1.63. The maximum atomic E-state index is 12.7. The van der Waals surface area contributed by atoms with Gasteiger partial charge in [0.05, 0.1) is 25.9 Å². The van der Waals surface area contributed by atoms with E-state index >= 15 is 0 Å². The van der Waals surface area contributed by atoms with E-state index in [-0.39, 0.29) is 11.9 Å². The molecule has 2 atom stereocenters. The van der Waals surface area contributed by atoms with E-state index < -0.39 is 0 Å². The van der Waals surface area contributed by atoms with Gasteiger partial charge in [-0.3, -0.25) is 14.6 Å². The molecule has 3 fully saturated rings. The average molecular weight is 388 g/mol. The van der Waals surface area contributed by atoms with Crippen LogP contribution in [0.4, 0.5) is 0 Å². The van der Waals surface area contributed by atoms with Gasteiger partial charge < -0.3 is 14.4 Å². The number of rotatable bonds is 7. The Kier molecular flexibility index (Phi) is 6.50. The molecule has 1 aromatic carbocycles. The first-order valence-electron chi connectivity index (χ1n) is 10.8. The van der Waals surface area contributed by atoms with Crippen molar-refractivity contribution in [2.45, 2.75) is 44.8 Å². The highest BCUT2D eigenvalue weighted by atomic mass is 16.5. The second kappa shape index (κ2) is 9.25. The highest BCUT2D eigenvalue weighted by Crippen LogP contribution is 2.28. The van der Waals surface area contributed by atoms with Crippen LogP contribution in [0, 0.1) is 0 Å². The molecule has 3 aliphatic rings. The molecule has 4 rings (SSSR count). The highest BCUT2D eigenvalue weighted by molar-refractivity contribution is 5.83. The molecule has 3 heterocycles. The molecule has 1 amide bonds. The third kappa shape index (κ3) is 4.50. The Labute approximate surface area is 168 Å². The summed E-state index contributed by atoms with van der Waals surface area (Å²) in [5.74, 6) is 1.25. The second-order valence-corrected chi connectivity index (χ2v) is 8.20. The molecular formula is C22H33N3O3. The van der Waals surface area contributed by atoms with Gasteiger partial charge in [0.15, 0.2) is 0 Å². The van der Waals surface area contributed by atoms with Crippen molar-refractivity contribution in [1.82, 2.24) is 14.7 Å². The molecule has 28 heavy (non-hydrogen) atoms. The molecule has 0 aliphatic carbocycles. The second-order valence-electron chi connectivity index (χ2n) is 8.20. The molecule has 0 unspecified atom stereocenters. The van der Waals surface area contributed by atoms with E-state index in [1.807, 2.05) is 13.0 Å². The minimum absolute atomic E-state index is 0.0521. The van der Waals surface area contributed by atoms with Crippen molar-refractivity contribution in [2.75, 3.05) is 52.5 Å². The Morgan fingerprint density at radius 1 is 1.18 bits per heavy atom. The summed E-state index contributed by atoms with van der Waals surface area (Å²) in [6, 6.07) is 8.63. The number of carbonyl (C=O) groups is 1. The van der Waals surface area contributed by atoms with Gasteiger partial charge in [-0.25, -0.2) is 0 Å². The summed E-state index contributed by atoms with van der Waals surface area (Å²) in [4.78, 5) is 19.5. The maximum Gasteiger partial charge on any atom is 0.239 e. The third-order valence-electron chi connectivity index (χ3n) is 6.34. The molecule has 154 valence electrons. The van der Waals surface area contributed by atoms with Crippen LogP contribution in [0.2, 0.25) is 0 Å². The first kappa shape index (κ1) is 19.7. The number of amides is 1. The summed E-state index contributed by atoms with van der Waals surface area (Å²) < 4.78 is 11.5. The lowest BCUT2D eigenvalue weighted by Crippen LogP contribution is -2.58. The number of hydrogen-bond donors (Lipinski definition) is 0. The zero-order valence-corrected chi connectivity index (χ0v) is 17.0. The van der Waals surface area contributed by atoms with Gasteiger partial charge in [0.25, 0.3) is 0 Å². The van der Waals surface area contributed by atoms with E-state index in [2.05, 4.69) is 32.9 Å². The van der Waals surface area contributed by atoms with Gasteiger partial charge in [-0.05, 0) is 32.3 Å². The first-order valence-corrected chi connectivity index (χ1v) is 10.8. The first-order chi connectivity index (χ1) is 13.7. The van der Waals surface area contributed by atoms with Gasteiger partial charge in [0.2, 0.25) is 5.91 Å².